The number of aromatic nitrogens is 2. The minimum atomic E-state index is 0.285. The summed E-state index contributed by atoms with van der Waals surface area (Å²) in [6, 6.07) is 19.3. The average molecular weight is 458 g/mol. The number of rotatable bonds is 6. The number of hydrogen-bond donors (Lipinski definition) is 0. The van der Waals surface area contributed by atoms with Crippen LogP contribution in [0.5, 0.6) is 0 Å². The maximum Gasteiger partial charge on any atom is 0.236 e. The molecular formula is C28H35N5O. The van der Waals surface area contributed by atoms with E-state index in [9.17, 15) is 4.79 Å². The predicted octanol–water partition coefficient (Wildman–Crippen LogP) is 3.78. The quantitative estimate of drug-likeness (QED) is 0.565. The minimum absolute atomic E-state index is 0.285. The van der Waals surface area contributed by atoms with Crippen molar-refractivity contribution in [2.45, 2.75) is 26.2 Å². The SMILES string of the molecule is Cc1ccc(-n2ccnc2N2CCN(CC(=O)N3CCC(Cc4ccccc4)CC3)CC2)cc1. The van der Waals surface area contributed by atoms with Crippen LogP contribution < -0.4 is 4.90 Å². The molecule has 0 radical (unpaired) electrons. The van der Waals surface area contributed by atoms with Gasteiger partial charge in [-0.15, -0.1) is 0 Å². The van der Waals surface area contributed by atoms with Gasteiger partial charge in [-0.05, 0) is 49.8 Å². The summed E-state index contributed by atoms with van der Waals surface area (Å²) in [7, 11) is 0. The summed E-state index contributed by atoms with van der Waals surface area (Å²) in [6.45, 7) is 7.96. The third-order valence-corrected chi connectivity index (χ3v) is 7.28. The highest BCUT2D eigenvalue weighted by Gasteiger charge is 2.26. The van der Waals surface area contributed by atoms with E-state index in [-0.39, 0.29) is 5.91 Å². The number of likely N-dealkylation sites (tertiary alicyclic amines) is 1. The van der Waals surface area contributed by atoms with Gasteiger partial charge < -0.3 is 9.80 Å². The monoisotopic (exact) mass is 457 g/mol. The first kappa shape index (κ1) is 22.7. The van der Waals surface area contributed by atoms with Crippen LogP contribution in [0, 0.1) is 12.8 Å². The average Bonchev–Trinajstić information content (AvgIpc) is 3.36. The van der Waals surface area contributed by atoms with E-state index in [4.69, 9.17) is 0 Å². The molecule has 0 atom stereocenters. The molecule has 0 spiro atoms. The number of anilines is 1. The molecule has 0 saturated carbocycles. The zero-order valence-corrected chi connectivity index (χ0v) is 20.1. The van der Waals surface area contributed by atoms with E-state index in [2.05, 4.69) is 85.8 Å². The van der Waals surface area contributed by atoms with Gasteiger partial charge in [0.25, 0.3) is 0 Å². The molecule has 3 heterocycles. The highest BCUT2D eigenvalue weighted by atomic mass is 16.2. The van der Waals surface area contributed by atoms with Crippen molar-refractivity contribution in [3.63, 3.8) is 0 Å². The fraction of sp³-hybridized carbons (Fsp3) is 0.429. The third kappa shape index (κ3) is 5.33. The Kier molecular flexibility index (Phi) is 6.95. The number of nitrogens with zero attached hydrogens (tertiary/aromatic N) is 5. The van der Waals surface area contributed by atoms with Crippen LogP contribution >= 0.6 is 0 Å². The molecule has 0 unspecified atom stereocenters. The first-order valence-electron chi connectivity index (χ1n) is 12.5. The second-order valence-electron chi connectivity index (χ2n) is 9.71. The van der Waals surface area contributed by atoms with Gasteiger partial charge in [0.15, 0.2) is 0 Å². The summed E-state index contributed by atoms with van der Waals surface area (Å²) in [5, 5.41) is 0. The Hall–Kier alpha value is -3.12. The molecule has 6 heteroatoms. The Balaban J connectivity index is 1.09. The van der Waals surface area contributed by atoms with E-state index in [1.165, 1.54) is 11.1 Å². The third-order valence-electron chi connectivity index (χ3n) is 7.28. The Labute approximate surface area is 202 Å². The lowest BCUT2D eigenvalue weighted by molar-refractivity contribution is -0.133. The van der Waals surface area contributed by atoms with Crippen molar-refractivity contribution in [2.24, 2.45) is 5.92 Å². The van der Waals surface area contributed by atoms with Crippen LogP contribution in [0.2, 0.25) is 0 Å². The number of piperazine rings is 1. The van der Waals surface area contributed by atoms with Crippen LogP contribution in [0.15, 0.2) is 67.0 Å². The molecule has 2 aliphatic heterocycles. The van der Waals surface area contributed by atoms with Crippen molar-refractivity contribution >= 4 is 11.9 Å². The predicted molar refractivity (Wildman–Crippen MR) is 136 cm³/mol. The molecule has 5 rings (SSSR count). The Morgan fingerprint density at radius 2 is 1.62 bits per heavy atom. The summed E-state index contributed by atoms with van der Waals surface area (Å²) in [4.78, 5) is 24.3. The molecule has 3 aromatic rings. The normalized spacial score (nSPS) is 17.8. The molecule has 1 amide bonds. The molecule has 2 saturated heterocycles. The van der Waals surface area contributed by atoms with Gasteiger partial charge in [0.1, 0.15) is 0 Å². The maximum atomic E-state index is 13.0. The molecule has 1 aromatic heterocycles. The van der Waals surface area contributed by atoms with Crippen molar-refractivity contribution in [2.75, 3.05) is 50.7 Å². The first-order chi connectivity index (χ1) is 16.7. The summed E-state index contributed by atoms with van der Waals surface area (Å²) in [6.07, 6.45) is 7.24. The van der Waals surface area contributed by atoms with E-state index < -0.39 is 0 Å². The Morgan fingerprint density at radius 1 is 0.912 bits per heavy atom. The number of imidazole rings is 1. The van der Waals surface area contributed by atoms with Gasteiger partial charge in [0, 0.05) is 57.3 Å². The Morgan fingerprint density at radius 3 is 2.32 bits per heavy atom. The lowest BCUT2D eigenvalue weighted by atomic mass is 9.90. The minimum Gasteiger partial charge on any atom is -0.342 e. The van der Waals surface area contributed by atoms with Crippen molar-refractivity contribution in [3.05, 3.63) is 78.1 Å². The largest absolute Gasteiger partial charge is 0.342 e. The molecule has 34 heavy (non-hydrogen) atoms. The van der Waals surface area contributed by atoms with Crippen LogP contribution in [-0.2, 0) is 11.2 Å². The van der Waals surface area contributed by atoms with E-state index in [0.29, 0.717) is 12.5 Å². The van der Waals surface area contributed by atoms with Crippen molar-refractivity contribution in [3.8, 4) is 5.69 Å². The van der Waals surface area contributed by atoms with Gasteiger partial charge in [0.05, 0.1) is 6.54 Å². The molecule has 0 N–H and O–H groups in total. The molecule has 2 aliphatic rings. The van der Waals surface area contributed by atoms with Crippen molar-refractivity contribution < 1.29 is 4.79 Å². The standard InChI is InChI=1S/C28H35N5O/c1-23-7-9-26(10-8-23)33-16-13-29-28(33)32-19-17-30(18-20-32)22-27(34)31-14-11-25(12-15-31)21-24-5-3-2-4-6-24/h2-10,13,16,25H,11-12,14-15,17-22H2,1H3. The van der Waals surface area contributed by atoms with Gasteiger partial charge in [0.2, 0.25) is 11.9 Å². The fourth-order valence-corrected chi connectivity index (χ4v) is 5.17. The molecule has 0 bridgehead atoms. The summed E-state index contributed by atoms with van der Waals surface area (Å²) < 4.78 is 2.15. The van der Waals surface area contributed by atoms with Crippen molar-refractivity contribution in [1.82, 2.24) is 19.4 Å². The van der Waals surface area contributed by atoms with Crippen LogP contribution in [0.4, 0.5) is 5.95 Å². The zero-order valence-electron chi connectivity index (χ0n) is 20.1. The number of piperidine rings is 1. The number of carbonyl (C=O) groups is 1. The van der Waals surface area contributed by atoms with Crippen molar-refractivity contribution in [1.29, 1.82) is 0 Å². The molecule has 2 aromatic carbocycles. The van der Waals surface area contributed by atoms with E-state index in [1.807, 2.05) is 12.4 Å². The van der Waals surface area contributed by atoms with E-state index in [1.54, 1.807) is 0 Å². The topological polar surface area (TPSA) is 44.6 Å². The van der Waals surface area contributed by atoms with Crippen LogP contribution in [0.3, 0.4) is 0 Å². The van der Waals surface area contributed by atoms with Gasteiger partial charge >= 0.3 is 0 Å². The van der Waals surface area contributed by atoms with Crippen LogP contribution in [0.25, 0.3) is 5.69 Å². The Bertz CT molecular complexity index is 1060. The number of carbonyl (C=O) groups excluding carboxylic acids is 1. The summed E-state index contributed by atoms with van der Waals surface area (Å²) in [5.74, 6) is 1.95. The molecular weight excluding hydrogens is 422 g/mol. The lowest BCUT2D eigenvalue weighted by Gasteiger charge is -2.37. The fourth-order valence-electron chi connectivity index (χ4n) is 5.17. The second kappa shape index (κ2) is 10.4. The lowest BCUT2D eigenvalue weighted by Crippen LogP contribution is -2.51. The number of aryl methyl sites for hydroxylation is 1. The van der Waals surface area contributed by atoms with Gasteiger partial charge in [-0.1, -0.05) is 48.0 Å². The smallest absolute Gasteiger partial charge is 0.236 e. The highest BCUT2D eigenvalue weighted by molar-refractivity contribution is 5.78. The number of benzene rings is 2. The molecule has 178 valence electrons. The molecule has 6 nitrogen and oxygen atoms in total. The van der Waals surface area contributed by atoms with E-state index in [0.717, 1.165) is 70.2 Å². The highest BCUT2D eigenvalue weighted by Crippen LogP contribution is 2.23. The number of hydrogen-bond acceptors (Lipinski definition) is 4. The summed E-state index contributed by atoms with van der Waals surface area (Å²) >= 11 is 0. The van der Waals surface area contributed by atoms with Gasteiger partial charge in [-0.3, -0.25) is 14.3 Å². The molecule has 0 aliphatic carbocycles. The summed E-state index contributed by atoms with van der Waals surface area (Å²) in [5.41, 5.74) is 3.80. The van der Waals surface area contributed by atoms with Gasteiger partial charge in [-0.25, -0.2) is 4.98 Å². The first-order valence-corrected chi connectivity index (χ1v) is 12.5. The maximum absolute atomic E-state index is 13.0. The van der Waals surface area contributed by atoms with Crippen LogP contribution in [-0.4, -0.2) is 71.1 Å². The van der Waals surface area contributed by atoms with Gasteiger partial charge in [-0.2, -0.15) is 0 Å². The second-order valence-corrected chi connectivity index (χ2v) is 9.71. The van der Waals surface area contributed by atoms with Crippen LogP contribution in [0.1, 0.15) is 24.0 Å². The zero-order chi connectivity index (χ0) is 23.3. The number of amides is 1. The van der Waals surface area contributed by atoms with E-state index >= 15 is 0 Å². The molecule has 2 fully saturated rings.